The van der Waals surface area contributed by atoms with Gasteiger partial charge in [0.25, 0.3) is 0 Å². The second-order valence-corrected chi connectivity index (χ2v) is 3.12. The van der Waals surface area contributed by atoms with Crippen LogP contribution >= 0.6 is 0 Å². The van der Waals surface area contributed by atoms with Crippen LogP contribution in [-0.2, 0) is 0 Å². The molecule has 0 aromatic carbocycles. The second-order valence-electron chi connectivity index (χ2n) is 3.12. The number of fused-ring (bicyclic) bond motifs is 1. The molecule has 1 aromatic heterocycles. The Hall–Kier alpha value is -1.09. The number of hydrogen-bond acceptors (Lipinski definition) is 3. The first-order valence-corrected chi connectivity index (χ1v) is 4.29. The van der Waals surface area contributed by atoms with E-state index in [0.717, 1.165) is 19.5 Å². The molecule has 0 fully saturated rings. The number of nitrogens with one attached hydrogen (secondary N) is 1. The van der Waals surface area contributed by atoms with Gasteiger partial charge in [0.2, 0.25) is 0 Å². The van der Waals surface area contributed by atoms with Gasteiger partial charge in [0, 0.05) is 30.5 Å². The van der Waals surface area contributed by atoms with Gasteiger partial charge in [-0.25, -0.2) is 0 Å². The maximum absolute atomic E-state index is 5.52. The van der Waals surface area contributed by atoms with E-state index in [2.05, 4.69) is 10.3 Å². The van der Waals surface area contributed by atoms with E-state index in [-0.39, 0.29) is 0 Å². The quantitative estimate of drug-likeness (QED) is 0.682. The molecule has 0 aliphatic carbocycles. The first-order valence-electron chi connectivity index (χ1n) is 4.29. The third-order valence-electron chi connectivity index (χ3n) is 2.35. The summed E-state index contributed by atoms with van der Waals surface area (Å²) in [6.45, 7) is 1.76. The summed E-state index contributed by atoms with van der Waals surface area (Å²) in [5.74, 6) is 0.568. The third kappa shape index (κ3) is 1.16. The number of rotatable bonds is 2. The lowest BCUT2D eigenvalue weighted by atomic mass is 10.00. The van der Waals surface area contributed by atoms with E-state index in [0.29, 0.717) is 5.92 Å². The summed E-state index contributed by atoms with van der Waals surface area (Å²) in [6, 6.07) is 2.02. The molecule has 0 spiro atoms. The van der Waals surface area contributed by atoms with Crippen molar-refractivity contribution in [3.63, 3.8) is 0 Å². The molecule has 0 saturated carbocycles. The van der Waals surface area contributed by atoms with Gasteiger partial charge in [-0.05, 0) is 24.6 Å². The number of nitrogens with zero attached hydrogens (tertiary/aromatic N) is 1. The van der Waals surface area contributed by atoms with Gasteiger partial charge in [-0.1, -0.05) is 0 Å². The van der Waals surface area contributed by atoms with Crippen LogP contribution in [0.25, 0.3) is 0 Å². The van der Waals surface area contributed by atoms with Gasteiger partial charge in [0.1, 0.15) is 0 Å². The van der Waals surface area contributed by atoms with Crippen LogP contribution in [0.2, 0.25) is 0 Å². The minimum absolute atomic E-state index is 0.568. The van der Waals surface area contributed by atoms with Crippen LogP contribution in [-0.4, -0.2) is 18.1 Å². The molecule has 1 unspecified atom stereocenters. The van der Waals surface area contributed by atoms with Crippen molar-refractivity contribution >= 4 is 5.69 Å². The zero-order chi connectivity index (χ0) is 8.39. The van der Waals surface area contributed by atoms with E-state index < -0.39 is 0 Å². The van der Waals surface area contributed by atoms with Gasteiger partial charge in [0.05, 0.1) is 0 Å². The summed E-state index contributed by atoms with van der Waals surface area (Å²) in [6.07, 6.45) is 4.80. The number of nitrogens with two attached hydrogens (primary N) is 1. The Morgan fingerprint density at radius 1 is 1.67 bits per heavy atom. The fourth-order valence-electron chi connectivity index (χ4n) is 1.69. The fraction of sp³-hybridized carbons (Fsp3) is 0.444. The lowest BCUT2D eigenvalue weighted by Crippen LogP contribution is -2.08. The fourth-order valence-corrected chi connectivity index (χ4v) is 1.69. The van der Waals surface area contributed by atoms with Crippen LogP contribution in [0.1, 0.15) is 17.9 Å². The third-order valence-corrected chi connectivity index (χ3v) is 2.35. The molecule has 0 saturated heterocycles. The normalized spacial score (nSPS) is 20.2. The first kappa shape index (κ1) is 7.55. The summed E-state index contributed by atoms with van der Waals surface area (Å²) < 4.78 is 0. The zero-order valence-electron chi connectivity index (χ0n) is 6.96. The molecule has 1 aliphatic rings. The molecule has 3 N–H and O–H groups in total. The molecule has 0 bridgehead atoms. The predicted octanol–water partition coefficient (Wildman–Crippen LogP) is 0.939. The van der Waals surface area contributed by atoms with E-state index in [1.165, 1.54) is 11.3 Å². The zero-order valence-corrected chi connectivity index (χ0v) is 6.96. The van der Waals surface area contributed by atoms with Crippen molar-refractivity contribution in [1.29, 1.82) is 0 Å². The van der Waals surface area contributed by atoms with Crippen molar-refractivity contribution in [2.45, 2.75) is 12.3 Å². The lowest BCUT2D eigenvalue weighted by Gasteiger charge is -2.06. The van der Waals surface area contributed by atoms with Gasteiger partial charge in [-0.3, -0.25) is 4.98 Å². The predicted molar refractivity (Wildman–Crippen MR) is 49.1 cm³/mol. The molecule has 1 atom stereocenters. The van der Waals surface area contributed by atoms with E-state index in [1.807, 2.05) is 18.5 Å². The maximum atomic E-state index is 5.52. The van der Waals surface area contributed by atoms with Crippen molar-refractivity contribution in [2.75, 3.05) is 18.4 Å². The number of pyridine rings is 1. The van der Waals surface area contributed by atoms with Gasteiger partial charge >= 0.3 is 0 Å². The molecule has 0 amide bonds. The van der Waals surface area contributed by atoms with Crippen LogP contribution in [0.4, 0.5) is 5.69 Å². The standard InChI is InChI=1S/C9H13N3/c10-3-1-7-5-12-9-2-4-11-6-8(7)9/h2,4,6-7,12H,1,3,5,10H2. The summed E-state index contributed by atoms with van der Waals surface area (Å²) in [7, 11) is 0. The topological polar surface area (TPSA) is 50.9 Å². The van der Waals surface area contributed by atoms with Crippen molar-refractivity contribution in [2.24, 2.45) is 5.73 Å². The van der Waals surface area contributed by atoms with Crippen LogP contribution in [0.5, 0.6) is 0 Å². The largest absolute Gasteiger partial charge is 0.384 e. The number of hydrogen-bond donors (Lipinski definition) is 2. The molecule has 2 rings (SSSR count). The minimum Gasteiger partial charge on any atom is -0.384 e. The Morgan fingerprint density at radius 3 is 3.42 bits per heavy atom. The SMILES string of the molecule is NCCC1CNc2ccncc21. The Labute approximate surface area is 72.0 Å². The van der Waals surface area contributed by atoms with Gasteiger partial charge in [-0.15, -0.1) is 0 Å². The average molecular weight is 163 g/mol. The van der Waals surface area contributed by atoms with Gasteiger partial charge in [-0.2, -0.15) is 0 Å². The highest BCUT2D eigenvalue weighted by Gasteiger charge is 2.20. The summed E-state index contributed by atoms with van der Waals surface area (Å²) in [4.78, 5) is 4.11. The number of aromatic nitrogens is 1. The Bertz CT molecular complexity index is 270. The lowest BCUT2D eigenvalue weighted by molar-refractivity contribution is 0.684. The van der Waals surface area contributed by atoms with Crippen LogP contribution in [0, 0.1) is 0 Å². The van der Waals surface area contributed by atoms with Crippen molar-refractivity contribution in [3.8, 4) is 0 Å². The van der Waals surface area contributed by atoms with Crippen LogP contribution in [0.3, 0.4) is 0 Å². The second kappa shape index (κ2) is 3.11. The van der Waals surface area contributed by atoms with Gasteiger partial charge < -0.3 is 11.1 Å². The van der Waals surface area contributed by atoms with Gasteiger partial charge in [0.15, 0.2) is 0 Å². The smallest absolute Gasteiger partial charge is 0.0407 e. The van der Waals surface area contributed by atoms with E-state index in [1.54, 1.807) is 0 Å². The first-order chi connectivity index (χ1) is 5.92. The summed E-state index contributed by atoms with van der Waals surface area (Å²) in [5, 5.41) is 3.34. The minimum atomic E-state index is 0.568. The average Bonchev–Trinajstić information content (AvgIpc) is 2.50. The molecule has 1 aliphatic heterocycles. The Kier molecular flexibility index (Phi) is 1.96. The molecule has 3 heteroatoms. The van der Waals surface area contributed by atoms with Crippen LogP contribution in [0.15, 0.2) is 18.5 Å². The van der Waals surface area contributed by atoms with E-state index in [9.17, 15) is 0 Å². The van der Waals surface area contributed by atoms with E-state index in [4.69, 9.17) is 5.73 Å². The molecular formula is C9H13N3. The molecule has 1 aromatic rings. The summed E-state index contributed by atoms with van der Waals surface area (Å²) >= 11 is 0. The highest BCUT2D eigenvalue weighted by atomic mass is 14.9. The van der Waals surface area contributed by atoms with Crippen molar-refractivity contribution < 1.29 is 0 Å². The monoisotopic (exact) mass is 163 g/mol. The molecule has 2 heterocycles. The van der Waals surface area contributed by atoms with Crippen molar-refractivity contribution in [3.05, 3.63) is 24.0 Å². The van der Waals surface area contributed by atoms with Crippen LogP contribution < -0.4 is 11.1 Å². The molecule has 12 heavy (non-hydrogen) atoms. The van der Waals surface area contributed by atoms with Crippen molar-refractivity contribution in [1.82, 2.24) is 4.98 Å². The number of anilines is 1. The highest BCUT2D eigenvalue weighted by molar-refractivity contribution is 5.56. The Balaban J connectivity index is 2.24. The molecular weight excluding hydrogens is 150 g/mol. The molecule has 3 nitrogen and oxygen atoms in total. The Morgan fingerprint density at radius 2 is 2.58 bits per heavy atom. The van der Waals surface area contributed by atoms with E-state index >= 15 is 0 Å². The summed E-state index contributed by atoms with van der Waals surface area (Å²) in [5.41, 5.74) is 8.06. The maximum Gasteiger partial charge on any atom is 0.0407 e. The molecule has 0 radical (unpaired) electrons. The highest BCUT2D eigenvalue weighted by Crippen LogP contribution is 2.31. The molecule has 64 valence electrons.